The lowest BCUT2D eigenvalue weighted by Gasteiger charge is -2.35. The van der Waals surface area contributed by atoms with Gasteiger partial charge in [-0.3, -0.25) is 14.4 Å². The first-order chi connectivity index (χ1) is 9.74. The third kappa shape index (κ3) is 2.94. The van der Waals surface area contributed by atoms with Crippen molar-refractivity contribution in [2.24, 2.45) is 7.05 Å². The molecule has 3 heterocycles. The molecule has 5 nitrogen and oxygen atoms in total. The maximum atomic E-state index is 12.6. The quantitative estimate of drug-likeness (QED) is 0.881. The molecule has 1 aromatic rings. The maximum absolute atomic E-state index is 12.6. The van der Waals surface area contributed by atoms with Crippen molar-refractivity contribution in [3.63, 3.8) is 0 Å². The van der Waals surface area contributed by atoms with Crippen LogP contribution in [0.3, 0.4) is 0 Å². The standard InChI is InChI=1S/C15H24N4O/c1-18-10-6-12(17-18)11-15(20)14-3-2-9-19(14)13-4-7-16-8-5-13/h6,10,13-14,16H,2-5,7-9,11H2,1H3. The smallest absolute Gasteiger partial charge is 0.155 e. The molecule has 2 aliphatic rings. The van der Waals surface area contributed by atoms with Gasteiger partial charge in [-0.2, -0.15) is 5.10 Å². The number of ketones is 1. The summed E-state index contributed by atoms with van der Waals surface area (Å²) < 4.78 is 1.77. The Hall–Kier alpha value is -1.20. The zero-order valence-electron chi connectivity index (χ0n) is 12.2. The van der Waals surface area contributed by atoms with E-state index in [-0.39, 0.29) is 6.04 Å². The van der Waals surface area contributed by atoms with Gasteiger partial charge in [-0.1, -0.05) is 0 Å². The fourth-order valence-electron chi connectivity index (χ4n) is 3.56. The number of likely N-dealkylation sites (tertiary alicyclic amines) is 1. The number of nitrogens with one attached hydrogen (secondary N) is 1. The summed E-state index contributed by atoms with van der Waals surface area (Å²) in [5, 5.41) is 7.73. The predicted molar refractivity (Wildman–Crippen MR) is 77.5 cm³/mol. The molecule has 1 atom stereocenters. The van der Waals surface area contributed by atoms with Gasteiger partial charge in [-0.15, -0.1) is 0 Å². The second-order valence-corrected chi connectivity index (χ2v) is 6.00. The summed E-state index contributed by atoms with van der Waals surface area (Å²) in [6.07, 6.45) is 6.91. The lowest BCUT2D eigenvalue weighted by Crippen LogP contribution is -2.48. The molecule has 0 spiro atoms. The van der Waals surface area contributed by atoms with Crippen molar-refractivity contribution >= 4 is 5.78 Å². The van der Waals surface area contributed by atoms with Crippen LogP contribution in [0.2, 0.25) is 0 Å². The van der Waals surface area contributed by atoms with E-state index < -0.39 is 0 Å². The van der Waals surface area contributed by atoms with E-state index in [9.17, 15) is 4.79 Å². The average Bonchev–Trinajstić information content (AvgIpc) is 3.09. The van der Waals surface area contributed by atoms with E-state index in [1.54, 1.807) is 4.68 Å². The van der Waals surface area contributed by atoms with Crippen LogP contribution in [0.25, 0.3) is 0 Å². The number of hydrogen-bond donors (Lipinski definition) is 1. The average molecular weight is 276 g/mol. The number of aryl methyl sites for hydroxylation is 1. The van der Waals surface area contributed by atoms with Crippen LogP contribution in [0.1, 0.15) is 31.4 Å². The first-order valence-corrected chi connectivity index (χ1v) is 7.72. The fourth-order valence-corrected chi connectivity index (χ4v) is 3.56. The third-order valence-electron chi connectivity index (χ3n) is 4.57. The molecule has 0 aromatic carbocycles. The number of piperidine rings is 1. The Balaban J connectivity index is 1.63. The summed E-state index contributed by atoms with van der Waals surface area (Å²) in [4.78, 5) is 15.0. The van der Waals surface area contributed by atoms with Crippen LogP contribution >= 0.6 is 0 Å². The van der Waals surface area contributed by atoms with Crippen molar-refractivity contribution in [1.29, 1.82) is 0 Å². The van der Waals surface area contributed by atoms with Crippen molar-refractivity contribution in [3.8, 4) is 0 Å². The summed E-state index contributed by atoms with van der Waals surface area (Å²) in [6.45, 7) is 3.26. The van der Waals surface area contributed by atoms with E-state index in [0.29, 0.717) is 18.2 Å². The van der Waals surface area contributed by atoms with Crippen LogP contribution in [0.4, 0.5) is 0 Å². The Morgan fingerprint density at radius 2 is 2.20 bits per heavy atom. The molecule has 0 saturated carbocycles. The first kappa shape index (κ1) is 13.8. The molecular formula is C15H24N4O. The van der Waals surface area contributed by atoms with Crippen molar-refractivity contribution in [3.05, 3.63) is 18.0 Å². The highest BCUT2D eigenvalue weighted by atomic mass is 16.1. The van der Waals surface area contributed by atoms with E-state index in [1.807, 2.05) is 19.3 Å². The second kappa shape index (κ2) is 6.06. The summed E-state index contributed by atoms with van der Waals surface area (Å²) in [5.41, 5.74) is 0.898. The highest BCUT2D eigenvalue weighted by Crippen LogP contribution is 2.25. The van der Waals surface area contributed by atoms with Crippen molar-refractivity contribution < 1.29 is 4.79 Å². The molecule has 2 saturated heterocycles. The highest BCUT2D eigenvalue weighted by molar-refractivity contribution is 5.86. The van der Waals surface area contributed by atoms with Gasteiger partial charge < -0.3 is 5.32 Å². The molecule has 20 heavy (non-hydrogen) atoms. The molecule has 2 fully saturated rings. The predicted octanol–water partition coefficient (Wildman–Crippen LogP) is 0.748. The number of Topliss-reactive ketones (excluding diaryl/α,β-unsaturated/α-hetero) is 1. The second-order valence-electron chi connectivity index (χ2n) is 6.00. The molecule has 1 N–H and O–H groups in total. The van der Waals surface area contributed by atoms with Gasteiger partial charge in [-0.05, 0) is 51.4 Å². The molecule has 1 unspecified atom stereocenters. The van der Waals surface area contributed by atoms with Crippen LogP contribution < -0.4 is 5.32 Å². The van der Waals surface area contributed by atoms with Gasteiger partial charge in [0.05, 0.1) is 18.2 Å². The molecule has 110 valence electrons. The van der Waals surface area contributed by atoms with Gasteiger partial charge in [0, 0.05) is 19.3 Å². The monoisotopic (exact) mass is 276 g/mol. The zero-order valence-corrected chi connectivity index (χ0v) is 12.2. The molecule has 2 aliphatic heterocycles. The van der Waals surface area contributed by atoms with Gasteiger partial charge in [-0.25, -0.2) is 0 Å². The lowest BCUT2D eigenvalue weighted by molar-refractivity contribution is -0.123. The van der Waals surface area contributed by atoms with Gasteiger partial charge >= 0.3 is 0 Å². The Kier molecular flexibility index (Phi) is 4.17. The number of aromatic nitrogens is 2. The van der Waals surface area contributed by atoms with Gasteiger partial charge in [0.1, 0.15) is 0 Å². The van der Waals surface area contributed by atoms with Crippen LogP contribution in [0.5, 0.6) is 0 Å². The number of nitrogens with zero attached hydrogens (tertiary/aromatic N) is 3. The molecule has 0 amide bonds. The fraction of sp³-hybridized carbons (Fsp3) is 0.733. The minimum atomic E-state index is 0.125. The molecular weight excluding hydrogens is 252 g/mol. The SMILES string of the molecule is Cn1ccc(CC(=O)C2CCCN2C2CCNCC2)n1. The van der Waals surface area contributed by atoms with Gasteiger partial charge in [0.2, 0.25) is 0 Å². The summed E-state index contributed by atoms with van der Waals surface area (Å²) in [7, 11) is 1.89. The number of carbonyl (C=O) groups is 1. The van der Waals surface area contributed by atoms with Crippen molar-refractivity contribution in [2.75, 3.05) is 19.6 Å². The van der Waals surface area contributed by atoms with Crippen LogP contribution in [0, 0.1) is 0 Å². The minimum absolute atomic E-state index is 0.125. The largest absolute Gasteiger partial charge is 0.317 e. The van der Waals surface area contributed by atoms with E-state index in [2.05, 4.69) is 15.3 Å². The van der Waals surface area contributed by atoms with E-state index in [0.717, 1.165) is 38.2 Å². The van der Waals surface area contributed by atoms with Crippen LogP contribution in [0.15, 0.2) is 12.3 Å². The normalized spacial score (nSPS) is 25.1. The lowest BCUT2D eigenvalue weighted by atomic mass is 10.0. The van der Waals surface area contributed by atoms with E-state index in [1.165, 1.54) is 12.8 Å². The van der Waals surface area contributed by atoms with Gasteiger partial charge in [0.25, 0.3) is 0 Å². The van der Waals surface area contributed by atoms with E-state index in [4.69, 9.17) is 0 Å². The Morgan fingerprint density at radius 3 is 2.90 bits per heavy atom. The number of rotatable bonds is 4. The topological polar surface area (TPSA) is 50.2 Å². The zero-order chi connectivity index (χ0) is 13.9. The highest BCUT2D eigenvalue weighted by Gasteiger charge is 2.35. The summed E-state index contributed by atoms with van der Waals surface area (Å²) in [5.74, 6) is 0.347. The molecule has 0 radical (unpaired) electrons. The molecule has 0 aliphatic carbocycles. The first-order valence-electron chi connectivity index (χ1n) is 7.72. The van der Waals surface area contributed by atoms with Gasteiger partial charge in [0.15, 0.2) is 5.78 Å². The molecule has 5 heteroatoms. The van der Waals surface area contributed by atoms with E-state index >= 15 is 0 Å². The van der Waals surface area contributed by atoms with Crippen LogP contribution in [-0.4, -0.2) is 52.2 Å². The molecule has 3 rings (SSSR count). The molecule has 1 aromatic heterocycles. The maximum Gasteiger partial charge on any atom is 0.155 e. The Morgan fingerprint density at radius 1 is 1.40 bits per heavy atom. The minimum Gasteiger partial charge on any atom is -0.317 e. The Bertz CT molecular complexity index is 464. The number of carbonyl (C=O) groups excluding carboxylic acids is 1. The van der Waals surface area contributed by atoms with Crippen LogP contribution in [-0.2, 0) is 18.3 Å². The summed E-state index contributed by atoms with van der Waals surface area (Å²) in [6, 6.07) is 2.67. The third-order valence-corrected chi connectivity index (χ3v) is 4.57. The molecule has 0 bridgehead atoms. The Labute approximate surface area is 120 Å². The summed E-state index contributed by atoms with van der Waals surface area (Å²) >= 11 is 0. The van der Waals surface area contributed by atoms with Crippen molar-refractivity contribution in [2.45, 2.75) is 44.2 Å². The van der Waals surface area contributed by atoms with Crippen molar-refractivity contribution in [1.82, 2.24) is 20.0 Å². The number of hydrogen-bond acceptors (Lipinski definition) is 4.